The minimum atomic E-state index is -0.946. The van der Waals surface area contributed by atoms with E-state index in [2.05, 4.69) is 9.88 Å². The first-order valence-electron chi connectivity index (χ1n) is 12.9. The number of benzene rings is 2. The maximum Gasteiger partial charge on any atom is 0.312 e. The Bertz CT molecular complexity index is 1260. The number of piperidine rings is 1. The first kappa shape index (κ1) is 27.7. The third-order valence-corrected chi connectivity index (χ3v) is 7.31. The molecule has 1 saturated heterocycles. The number of carbonyl (C=O) groups is 1. The molecule has 0 aliphatic carbocycles. The van der Waals surface area contributed by atoms with Crippen molar-refractivity contribution in [2.24, 2.45) is 5.41 Å². The highest BCUT2D eigenvalue weighted by Crippen LogP contribution is 2.38. The van der Waals surface area contributed by atoms with Gasteiger partial charge in [0.1, 0.15) is 23.9 Å². The van der Waals surface area contributed by atoms with Gasteiger partial charge in [-0.25, -0.2) is 13.2 Å². The second kappa shape index (κ2) is 12.5. The molecule has 0 saturated carbocycles. The van der Waals surface area contributed by atoms with Gasteiger partial charge in [-0.15, -0.1) is 0 Å². The number of rotatable bonds is 11. The molecule has 0 atom stereocenters. The van der Waals surface area contributed by atoms with Crippen LogP contribution in [-0.4, -0.2) is 55.8 Å². The standard InChI is InChI=1S/C29H33F3N2O4/c1-3-37-28(35)29(10-4-5-22-23-17-20(36-2)7-9-27(23)33-19-26(22)32)11-13-34(14-12-29)15-16-38-21-6-8-24(30)25(31)18-21/h6-9,17-19H,3-5,10-16H2,1-2H3. The van der Waals surface area contributed by atoms with E-state index < -0.39 is 17.0 Å². The summed E-state index contributed by atoms with van der Waals surface area (Å²) in [6.07, 6.45) is 4.13. The summed E-state index contributed by atoms with van der Waals surface area (Å²) in [5, 5.41) is 0.713. The van der Waals surface area contributed by atoms with Crippen LogP contribution < -0.4 is 9.47 Å². The molecule has 38 heavy (non-hydrogen) atoms. The first-order valence-corrected chi connectivity index (χ1v) is 12.9. The number of methoxy groups -OCH3 is 1. The van der Waals surface area contributed by atoms with Crippen LogP contribution >= 0.6 is 0 Å². The molecule has 2 heterocycles. The molecule has 6 nitrogen and oxygen atoms in total. The fourth-order valence-corrected chi connectivity index (χ4v) is 5.09. The average Bonchev–Trinajstić information content (AvgIpc) is 2.92. The monoisotopic (exact) mass is 530 g/mol. The van der Waals surface area contributed by atoms with Crippen LogP contribution in [0.15, 0.2) is 42.6 Å². The molecule has 1 fully saturated rings. The summed E-state index contributed by atoms with van der Waals surface area (Å²) in [7, 11) is 1.57. The lowest BCUT2D eigenvalue weighted by atomic mass is 9.74. The summed E-state index contributed by atoms with van der Waals surface area (Å²) in [4.78, 5) is 19.4. The third kappa shape index (κ3) is 6.38. The van der Waals surface area contributed by atoms with E-state index in [9.17, 15) is 18.0 Å². The van der Waals surface area contributed by atoms with E-state index in [1.165, 1.54) is 12.3 Å². The lowest BCUT2D eigenvalue weighted by Gasteiger charge is -2.40. The van der Waals surface area contributed by atoms with Crippen LogP contribution in [0.4, 0.5) is 13.2 Å². The molecule has 0 unspecified atom stereocenters. The van der Waals surface area contributed by atoms with Crippen LogP contribution in [0.5, 0.6) is 11.5 Å². The first-order chi connectivity index (χ1) is 18.3. The molecule has 1 aromatic heterocycles. The second-order valence-electron chi connectivity index (χ2n) is 9.59. The van der Waals surface area contributed by atoms with Crippen molar-refractivity contribution in [1.29, 1.82) is 0 Å². The Morgan fingerprint density at radius 3 is 2.50 bits per heavy atom. The van der Waals surface area contributed by atoms with Gasteiger partial charge in [0.15, 0.2) is 11.6 Å². The maximum absolute atomic E-state index is 14.8. The Morgan fingerprint density at radius 2 is 1.79 bits per heavy atom. The highest BCUT2D eigenvalue weighted by atomic mass is 19.2. The van der Waals surface area contributed by atoms with Gasteiger partial charge in [-0.3, -0.25) is 14.7 Å². The van der Waals surface area contributed by atoms with Crippen molar-refractivity contribution in [3.05, 3.63) is 65.6 Å². The summed E-state index contributed by atoms with van der Waals surface area (Å²) < 4.78 is 57.6. The van der Waals surface area contributed by atoms with Crippen molar-refractivity contribution >= 4 is 16.9 Å². The Balaban J connectivity index is 1.36. The molecule has 9 heteroatoms. The van der Waals surface area contributed by atoms with Crippen molar-refractivity contribution in [1.82, 2.24) is 9.88 Å². The van der Waals surface area contributed by atoms with Gasteiger partial charge in [0.2, 0.25) is 0 Å². The highest BCUT2D eigenvalue weighted by Gasteiger charge is 2.42. The van der Waals surface area contributed by atoms with Crippen molar-refractivity contribution in [3.8, 4) is 11.5 Å². The number of ether oxygens (including phenoxy) is 3. The van der Waals surface area contributed by atoms with Crippen LogP contribution in [-0.2, 0) is 16.0 Å². The van der Waals surface area contributed by atoms with Crippen LogP contribution in [0.25, 0.3) is 10.9 Å². The summed E-state index contributed by atoms with van der Waals surface area (Å²) in [5.74, 6) is -1.53. The van der Waals surface area contributed by atoms with E-state index in [4.69, 9.17) is 14.2 Å². The molecule has 1 aliphatic rings. The van der Waals surface area contributed by atoms with Crippen LogP contribution in [0, 0.1) is 22.9 Å². The van der Waals surface area contributed by atoms with E-state index in [1.54, 1.807) is 26.2 Å². The van der Waals surface area contributed by atoms with Crippen LogP contribution in [0.1, 0.15) is 38.2 Å². The van der Waals surface area contributed by atoms with Crippen LogP contribution in [0.3, 0.4) is 0 Å². The van der Waals surface area contributed by atoms with Gasteiger partial charge in [-0.2, -0.15) is 0 Å². The second-order valence-corrected chi connectivity index (χ2v) is 9.59. The number of pyridine rings is 1. The Hall–Kier alpha value is -3.33. The molecule has 0 N–H and O–H groups in total. The van der Waals surface area contributed by atoms with E-state index in [0.717, 1.165) is 12.1 Å². The fourth-order valence-electron chi connectivity index (χ4n) is 5.09. The Morgan fingerprint density at radius 1 is 1.03 bits per heavy atom. The van der Waals surface area contributed by atoms with Crippen molar-refractivity contribution in [3.63, 3.8) is 0 Å². The van der Waals surface area contributed by atoms with Gasteiger partial charge in [0, 0.05) is 18.0 Å². The lowest BCUT2D eigenvalue weighted by Crippen LogP contribution is -2.46. The highest BCUT2D eigenvalue weighted by molar-refractivity contribution is 5.83. The minimum Gasteiger partial charge on any atom is -0.497 e. The fraction of sp³-hybridized carbons (Fsp3) is 0.448. The number of fused-ring (bicyclic) bond motifs is 1. The van der Waals surface area contributed by atoms with E-state index >= 15 is 0 Å². The van der Waals surface area contributed by atoms with E-state index in [1.807, 2.05) is 6.07 Å². The van der Waals surface area contributed by atoms with E-state index in [0.29, 0.717) is 87.2 Å². The summed E-state index contributed by atoms with van der Waals surface area (Å²) >= 11 is 0. The smallest absolute Gasteiger partial charge is 0.312 e. The molecule has 0 radical (unpaired) electrons. The molecular weight excluding hydrogens is 497 g/mol. The molecule has 4 rings (SSSR count). The summed E-state index contributed by atoms with van der Waals surface area (Å²) in [6, 6.07) is 8.86. The van der Waals surface area contributed by atoms with Crippen molar-refractivity contribution < 1.29 is 32.2 Å². The molecule has 2 aromatic carbocycles. The number of likely N-dealkylation sites (tertiary alicyclic amines) is 1. The average molecular weight is 531 g/mol. The van der Waals surface area contributed by atoms with Gasteiger partial charge in [0.05, 0.1) is 30.8 Å². The zero-order valence-electron chi connectivity index (χ0n) is 21.8. The number of carbonyl (C=O) groups excluding carboxylic acids is 1. The normalized spacial score (nSPS) is 15.4. The number of esters is 1. The molecule has 3 aromatic rings. The molecule has 0 bridgehead atoms. The molecule has 204 valence electrons. The number of aromatic nitrogens is 1. The quantitative estimate of drug-likeness (QED) is 0.296. The summed E-state index contributed by atoms with van der Waals surface area (Å²) in [6.45, 7) is 4.34. The van der Waals surface area contributed by atoms with Crippen molar-refractivity contribution in [2.75, 3.05) is 40.0 Å². The number of nitrogens with zero attached hydrogens (tertiary/aromatic N) is 2. The van der Waals surface area contributed by atoms with E-state index in [-0.39, 0.29) is 17.5 Å². The lowest BCUT2D eigenvalue weighted by molar-refractivity contribution is -0.159. The van der Waals surface area contributed by atoms with Crippen LogP contribution in [0.2, 0.25) is 0 Å². The topological polar surface area (TPSA) is 60.9 Å². The van der Waals surface area contributed by atoms with Gasteiger partial charge in [-0.05, 0) is 88.0 Å². The molecule has 0 amide bonds. The Labute approximate surface area is 220 Å². The largest absolute Gasteiger partial charge is 0.497 e. The maximum atomic E-state index is 14.8. The Kier molecular flexibility index (Phi) is 9.09. The number of hydrogen-bond acceptors (Lipinski definition) is 6. The minimum absolute atomic E-state index is 0.209. The van der Waals surface area contributed by atoms with Gasteiger partial charge >= 0.3 is 5.97 Å². The van der Waals surface area contributed by atoms with Gasteiger partial charge in [0.25, 0.3) is 0 Å². The number of halogens is 3. The molecule has 0 spiro atoms. The third-order valence-electron chi connectivity index (χ3n) is 7.31. The predicted molar refractivity (Wildman–Crippen MR) is 138 cm³/mol. The SMILES string of the molecule is CCOC(=O)C1(CCCc2c(F)cnc3ccc(OC)cc23)CCN(CCOc2ccc(F)c(F)c2)CC1. The zero-order valence-corrected chi connectivity index (χ0v) is 21.8. The molecular formula is C29H33F3N2O4. The summed E-state index contributed by atoms with van der Waals surface area (Å²) in [5.41, 5.74) is 0.630. The zero-order chi connectivity index (χ0) is 27.1. The van der Waals surface area contributed by atoms with Crippen molar-refractivity contribution in [2.45, 2.75) is 39.0 Å². The van der Waals surface area contributed by atoms with Gasteiger partial charge < -0.3 is 14.2 Å². The number of aryl methyl sites for hydroxylation is 1. The predicted octanol–water partition coefficient (Wildman–Crippen LogP) is 5.71. The number of hydrogen-bond donors (Lipinski definition) is 0. The van der Waals surface area contributed by atoms with Gasteiger partial charge in [-0.1, -0.05) is 0 Å². The molecule has 1 aliphatic heterocycles.